The fourth-order valence-electron chi connectivity index (χ4n) is 1.15. The Kier molecular flexibility index (Phi) is 2.47. The van der Waals surface area contributed by atoms with Crippen LogP contribution in [-0.4, -0.2) is 67.5 Å². The number of piperidine rings is 1. The van der Waals surface area contributed by atoms with E-state index in [1.54, 1.807) is 0 Å². The van der Waals surface area contributed by atoms with Crippen LogP contribution in [0.2, 0.25) is 1.41 Å². The first kappa shape index (κ1) is 9.28. The highest BCUT2D eigenvalue weighted by molar-refractivity contribution is 4.98. The van der Waals surface area contributed by atoms with Crippen molar-refractivity contribution in [3.8, 4) is 0 Å². The predicted octanol–water partition coefficient (Wildman–Crippen LogP) is -4.33. The summed E-state index contributed by atoms with van der Waals surface area (Å²) in [5.41, 5.74) is -2.49. The Morgan fingerprint density at radius 2 is 1.77 bits per heavy atom. The van der Waals surface area contributed by atoms with Gasteiger partial charge in [0.15, 0.2) is 5.72 Å². The van der Waals surface area contributed by atoms with Gasteiger partial charge >= 0.3 is 0 Å². The maximum absolute atomic E-state index is 9.48. The Balaban J connectivity index is 2.98. The van der Waals surface area contributed by atoms with Crippen molar-refractivity contribution in [2.75, 3.05) is 6.61 Å². The summed E-state index contributed by atoms with van der Waals surface area (Å²) in [6.07, 6.45) is -7.44. The van der Waals surface area contributed by atoms with Crippen molar-refractivity contribution in [1.82, 2.24) is 5.31 Å². The minimum absolute atomic E-state index is 0.0506. The molecule has 7 nitrogen and oxygen atoms in total. The normalized spacial score (nSPS) is 54.8. The lowest BCUT2D eigenvalue weighted by atomic mass is 9.92. The van der Waals surface area contributed by atoms with Gasteiger partial charge in [-0.2, -0.15) is 0 Å². The molecule has 0 aliphatic carbocycles. The average Bonchev–Trinajstić information content (AvgIpc) is 2.21. The van der Waals surface area contributed by atoms with Gasteiger partial charge in [0, 0.05) is 0 Å². The second-order valence-corrected chi connectivity index (χ2v) is 3.01. The lowest BCUT2D eigenvalue weighted by Crippen LogP contribution is -2.73. The van der Waals surface area contributed by atoms with E-state index in [0.29, 0.717) is 0 Å². The summed E-state index contributed by atoms with van der Waals surface area (Å²) < 4.78 is 7.13. The molecule has 1 aliphatic heterocycles. The van der Waals surface area contributed by atoms with E-state index in [0.717, 1.165) is 0 Å². The summed E-state index contributed by atoms with van der Waals surface area (Å²) in [6.45, 7) is -1.06. The summed E-state index contributed by atoms with van der Waals surface area (Å²) in [4.78, 5) is 0. The van der Waals surface area contributed by atoms with E-state index in [4.69, 9.17) is 21.8 Å². The molecule has 5 atom stereocenters. The summed E-state index contributed by atoms with van der Waals surface area (Å²) in [7, 11) is 0. The lowest BCUT2D eigenvalue weighted by Gasteiger charge is -2.44. The van der Waals surface area contributed by atoms with Gasteiger partial charge in [0.25, 0.3) is 0 Å². The maximum Gasteiger partial charge on any atom is 0.170 e. The van der Waals surface area contributed by atoms with Gasteiger partial charge in [-0.15, -0.1) is 0 Å². The van der Waals surface area contributed by atoms with Crippen molar-refractivity contribution in [2.24, 2.45) is 0 Å². The van der Waals surface area contributed by atoms with Gasteiger partial charge in [0.05, 0.1) is 6.61 Å². The molecule has 0 radical (unpaired) electrons. The largest absolute Gasteiger partial charge is 0.392 e. The molecule has 1 heterocycles. The van der Waals surface area contributed by atoms with Crippen molar-refractivity contribution in [2.45, 2.75) is 30.3 Å². The van der Waals surface area contributed by atoms with Gasteiger partial charge in [0.2, 0.25) is 0 Å². The van der Waals surface area contributed by atoms with Gasteiger partial charge in [-0.3, -0.25) is 5.31 Å². The number of aliphatic hydroxyl groups is 6. The fraction of sp³-hybridized carbons (Fsp3) is 1.00. The van der Waals surface area contributed by atoms with Crippen LogP contribution in [0.4, 0.5) is 0 Å². The third-order valence-electron chi connectivity index (χ3n) is 2.04. The zero-order valence-electron chi connectivity index (χ0n) is 7.65. The van der Waals surface area contributed by atoms with Gasteiger partial charge in [-0.25, -0.2) is 0 Å². The van der Waals surface area contributed by atoms with E-state index in [-0.39, 0.29) is 5.31 Å². The molecule has 0 amide bonds. The van der Waals surface area contributed by atoms with E-state index < -0.39 is 36.9 Å². The van der Waals surface area contributed by atoms with E-state index >= 15 is 0 Å². The molecule has 0 aromatic carbocycles. The maximum atomic E-state index is 9.48. The van der Waals surface area contributed by atoms with Crippen LogP contribution in [0.3, 0.4) is 0 Å². The molecule has 7 N–H and O–H groups in total. The zero-order chi connectivity index (χ0) is 11.1. The Morgan fingerprint density at radius 3 is 2.23 bits per heavy atom. The Bertz CT molecular complexity index is 200. The quantitative estimate of drug-likeness (QED) is 0.225. The smallest absolute Gasteiger partial charge is 0.170 e. The first-order valence-electron chi connectivity index (χ1n) is 4.14. The van der Waals surface area contributed by atoms with Crippen LogP contribution in [0, 0.1) is 0 Å². The highest BCUT2D eigenvalue weighted by atomic mass is 16.4. The minimum atomic E-state index is -2.49. The van der Waals surface area contributed by atoms with Crippen LogP contribution < -0.4 is 5.31 Å². The first-order chi connectivity index (χ1) is 6.36. The van der Waals surface area contributed by atoms with E-state index in [1.807, 2.05) is 0 Å². The molecule has 0 aromatic rings. The topological polar surface area (TPSA) is 133 Å². The number of hydrogen-bond acceptors (Lipinski definition) is 7. The number of nitrogens with one attached hydrogen (secondary N) is 1. The number of rotatable bonds is 1. The predicted molar refractivity (Wildman–Crippen MR) is 39.2 cm³/mol. The molecular weight excluding hydrogens is 182 g/mol. The van der Waals surface area contributed by atoms with Crippen molar-refractivity contribution < 1.29 is 32.1 Å². The molecule has 7 heteroatoms. The van der Waals surface area contributed by atoms with Crippen LogP contribution in [-0.2, 0) is 0 Å². The van der Waals surface area contributed by atoms with Crippen LogP contribution in [0.1, 0.15) is 0 Å². The van der Waals surface area contributed by atoms with Crippen molar-refractivity contribution in [3.63, 3.8) is 0 Å². The highest BCUT2D eigenvalue weighted by Crippen LogP contribution is 2.20. The first-order valence-corrected chi connectivity index (χ1v) is 3.70. The van der Waals surface area contributed by atoms with Crippen LogP contribution >= 0.6 is 0 Å². The molecule has 1 fully saturated rings. The number of aliphatic hydroxyl groups excluding tert-OH is 5. The monoisotopic (exact) mass is 196 g/mol. The lowest BCUT2D eigenvalue weighted by molar-refractivity contribution is -0.247. The molecule has 1 aliphatic rings. The Hall–Kier alpha value is -0.280. The summed E-state index contributed by atoms with van der Waals surface area (Å²) in [5, 5.41) is 54.9. The average molecular weight is 196 g/mol. The van der Waals surface area contributed by atoms with Gasteiger partial charge < -0.3 is 30.6 Å². The van der Waals surface area contributed by atoms with Crippen LogP contribution in [0.15, 0.2) is 0 Å². The summed E-state index contributed by atoms with van der Waals surface area (Å²) in [5.74, 6) is 0. The van der Waals surface area contributed by atoms with E-state index in [9.17, 15) is 10.2 Å². The highest BCUT2D eigenvalue weighted by Gasteiger charge is 2.50. The van der Waals surface area contributed by atoms with Crippen molar-refractivity contribution >= 4 is 0 Å². The molecule has 78 valence electrons. The fourth-order valence-corrected chi connectivity index (χ4v) is 1.15. The molecule has 0 bridgehead atoms. The molecule has 0 saturated carbocycles. The second-order valence-electron chi connectivity index (χ2n) is 3.01. The van der Waals surface area contributed by atoms with Gasteiger partial charge in [-0.1, -0.05) is 0 Å². The zero-order valence-corrected chi connectivity index (χ0v) is 6.65. The third-order valence-corrected chi connectivity index (χ3v) is 2.04. The van der Waals surface area contributed by atoms with Crippen molar-refractivity contribution in [3.05, 3.63) is 0 Å². The van der Waals surface area contributed by atoms with E-state index in [1.165, 1.54) is 0 Å². The minimum Gasteiger partial charge on any atom is -0.392 e. The molecule has 0 aromatic heterocycles. The Labute approximate surface area is 75.3 Å². The third kappa shape index (κ3) is 1.67. The van der Waals surface area contributed by atoms with Crippen LogP contribution in [0.5, 0.6) is 0 Å². The molecule has 1 unspecified atom stereocenters. The van der Waals surface area contributed by atoms with Gasteiger partial charge in [0.1, 0.15) is 26.0 Å². The Morgan fingerprint density at radius 1 is 1.23 bits per heavy atom. The summed E-state index contributed by atoms with van der Waals surface area (Å²) in [6, 6.07) is 0. The molecule has 13 heavy (non-hydrogen) atoms. The van der Waals surface area contributed by atoms with Gasteiger partial charge in [-0.05, 0) is 0 Å². The molecule has 0 spiro atoms. The summed E-state index contributed by atoms with van der Waals surface area (Å²) >= 11 is 0. The van der Waals surface area contributed by atoms with Crippen molar-refractivity contribution in [1.29, 1.82) is 0 Å². The SMILES string of the molecule is [2H]N1C(O)[C@@H](O)[C@H](O)[C@H](O)[C@]1(O)CO. The number of hydrogen-bond donors (Lipinski definition) is 7. The van der Waals surface area contributed by atoms with E-state index in [2.05, 4.69) is 0 Å². The molecular formula is C6H13NO6. The second kappa shape index (κ2) is 3.46. The molecule has 1 rings (SSSR count). The molecule has 1 saturated heterocycles. The van der Waals surface area contributed by atoms with Crippen LogP contribution in [0.25, 0.3) is 0 Å². The standard InChI is InChI=1S/C6H13NO6/c8-1-6(13)4(11)2(9)3(10)5(12)7-6/h2-5,7-13H,1H2/t2-,3-,4-,5?,6+/m0/s1/i/hD.